The fourth-order valence-corrected chi connectivity index (χ4v) is 4.49. The van der Waals surface area contributed by atoms with Gasteiger partial charge in [-0.2, -0.15) is 0 Å². The Bertz CT molecular complexity index is 993. The van der Waals surface area contributed by atoms with Crippen molar-refractivity contribution >= 4 is 27.3 Å². The van der Waals surface area contributed by atoms with Gasteiger partial charge in [-0.1, -0.05) is 11.6 Å². The number of carbonyl (C=O) groups excluding carboxylic acids is 1. The summed E-state index contributed by atoms with van der Waals surface area (Å²) in [4.78, 5) is 18.3. The van der Waals surface area contributed by atoms with E-state index in [1.54, 1.807) is 18.0 Å². The van der Waals surface area contributed by atoms with Crippen LogP contribution >= 0.6 is 11.6 Å². The number of rotatable bonds is 4. The van der Waals surface area contributed by atoms with E-state index in [2.05, 4.69) is 4.98 Å². The number of methoxy groups -OCH3 is 1. The molecule has 1 aromatic carbocycles. The first-order valence-corrected chi connectivity index (χ1v) is 10.2. The third-order valence-corrected chi connectivity index (χ3v) is 6.34. The molecule has 0 aliphatic carbocycles. The lowest BCUT2D eigenvalue weighted by Crippen LogP contribution is -2.36. The molecule has 2 aromatic rings. The number of sulfone groups is 1. The second-order valence-electron chi connectivity index (χ2n) is 6.33. The second-order valence-corrected chi connectivity index (χ2v) is 8.72. The molecular formula is C18H19ClN2O5S. The Hall–Kier alpha value is -2.32. The summed E-state index contributed by atoms with van der Waals surface area (Å²) >= 11 is 5.95. The Morgan fingerprint density at radius 1 is 1.37 bits per heavy atom. The van der Waals surface area contributed by atoms with Crippen LogP contribution in [0.15, 0.2) is 35.4 Å². The van der Waals surface area contributed by atoms with Gasteiger partial charge in [0.2, 0.25) is 5.88 Å². The lowest BCUT2D eigenvalue weighted by atomic mass is 10.2. The number of aromatic nitrogens is 1. The standard InChI is InChI=1S/C18H19ClN2O5S/c1-11-9-26-17-14(18(22)21(11)2)6-12(8-20-17)10-27(23,24)16-7-13(19)4-5-15(16)25-3/h4-8,11H,9-10H2,1-3H3/t11-/m1/s1. The first-order valence-electron chi connectivity index (χ1n) is 8.18. The van der Waals surface area contributed by atoms with Gasteiger partial charge in [0.05, 0.1) is 18.9 Å². The van der Waals surface area contributed by atoms with Crippen molar-refractivity contribution in [1.29, 1.82) is 0 Å². The van der Waals surface area contributed by atoms with Crippen LogP contribution in [-0.4, -0.2) is 51.0 Å². The van der Waals surface area contributed by atoms with Gasteiger partial charge >= 0.3 is 0 Å². The summed E-state index contributed by atoms with van der Waals surface area (Å²) in [5.41, 5.74) is 0.614. The zero-order chi connectivity index (χ0) is 19.8. The summed E-state index contributed by atoms with van der Waals surface area (Å²) in [6.45, 7) is 2.18. The molecule has 0 N–H and O–H groups in total. The number of carbonyl (C=O) groups is 1. The van der Waals surface area contributed by atoms with E-state index in [1.165, 1.54) is 31.5 Å². The number of ether oxygens (including phenoxy) is 2. The molecule has 0 bridgehead atoms. The molecule has 1 atom stereocenters. The Labute approximate surface area is 162 Å². The summed E-state index contributed by atoms with van der Waals surface area (Å²) in [5, 5.41) is 0.286. The van der Waals surface area contributed by atoms with E-state index >= 15 is 0 Å². The first kappa shape index (κ1) is 19.4. The number of fused-ring (bicyclic) bond motifs is 1. The van der Waals surface area contributed by atoms with Crippen molar-refractivity contribution in [3.05, 3.63) is 46.6 Å². The molecule has 144 valence electrons. The topological polar surface area (TPSA) is 85.8 Å². The molecule has 3 rings (SSSR count). The highest BCUT2D eigenvalue weighted by Crippen LogP contribution is 2.30. The largest absolute Gasteiger partial charge is 0.495 e. The molecule has 1 aliphatic heterocycles. The number of benzene rings is 1. The Morgan fingerprint density at radius 2 is 2.11 bits per heavy atom. The molecule has 1 amide bonds. The van der Waals surface area contributed by atoms with Gasteiger partial charge in [-0.15, -0.1) is 0 Å². The van der Waals surface area contributed by atoms with Crippen LogP contribution in [0, 0.1) is 0 Å². The van der Waals surface area contributed by atoms with Crippen molar-refractivity contribution in [3.8, 4) is 11.6 Å². The van der Waals surface area contributed by atoms with E-state index in [0.29, 0.717) is 12.2 Å². The van der Waals surface area contributed by atoms with E-state index < -0.39 is 9.84 Å². The van der Waals surface area contributed by atoms with Gasteiger partial charge in [0.1, 0.15) is 22.8 Å². The van der Waals surface area contributed by atoms with Crippen LogP contribution in [0.4, 0.5) is 0 Å². The minimum Gasteiger partial charge on any atom is -0.495 e. The molecule has 0 unspecified atom stereocenters. The molecule has 0 saturated heterocycles. The van der Waals surface area contributed by atoms with E-state index in [9.17, 15) is 13.2 Å². The average molecular weight is 411 g/mol. The van der Waals surface area contributed by atoms with Gasteiger partial charge < -0.3 is 14.4 Å². The maximum absolute atomic E-state index is 12.9. The van der Waals surface area contributed by atoms with Gasteiger partial charge in [0, 0.05) is 18.3 Å². The van der Waals surface area contributed by atoms with Crippen LogP contribution in [0.2, 0.25) is 5.02 Å². The Kier molecular flexibility index (Phi) is 5.30. The van der Waals surface area contributed by atoms with Crippen molar-refractivity contribution < 1.29 is 22.7 Å². The molecule has 27 heavy (non-hydrogen) atoms. The number of halogens is 1. The summed E-state index contributed by atoms with van der Waals surface area (Å²) in [6.07, 6.45) is 1.40. The molecule has 0 spiro atoms. The minimum absolute atomic E-state index is 0.0132. The molecule has 1 aliphatic rings. The number of nitrogens with zero attached hydrogens (tertiary/aromatic N) is 2. The van der Waals surface area contributed by atoms with Crippen LogP contribution in [0.1, 0.15) is 22.8 Å². The summed E-state index contributed by atoms with van der Waals surface area (Å²) in [6, 6.07) is 5.79. The van der Waals surface area contributed by atoms with Gasteiger partial charge in [-0.3, -0.25) is 4.79 Å². The Morgan fingerprint density at radius 3 is 2.81 bits per heavy atom. The van der Waals surface area contributed by atoms with Crippen molar-refractivity contribution in [3.63, 3.8) is 0 Å². The van der Waals surface area contributed by atoms with Crippen molar-refractivity contribution in [2.24, 2.45) is 0 Å². The quantitative estimate of drug-likeness (QED) is 0.770. The van der Waals surface area contributed by atoms with Gasteiger partial charge in [-0.05, 0) is 36.8 Å². The second kappa shape index (κ2) is 7.36. The van der Waals surface area contributed by atoms with E-state index in [1.807, 2.05) is 6.92 Å². The fraction of sp³-hybridized carbons (Fsp3) is 0.333. The van der Waals surface area contributed by atoms with E-state index in [0.717, 1.165) is 0 Å². The third-order valence-electron chi connectivity index (χ3n) is 4.40. The predicted molar refractivity (Wildman–Crippen MR) is 100 cm³/mol. The Balaban J connectivity index is 1.98. The highest BCUT2D eigenvalue weighted by atomic mass is 35.5. The van der Waals surface area contributed by atoms with Crippen LogP contribution in [-0.2, 0) is 15.6 Å². The maximum Gasteiger partial charge on any atom is 0.259 e. The van der Waals surface area contributed by atoms with Crippen LogP contribution < -0.4 is 9.47 Å². The van der Waals surface area contributed by atoms with E-state index in [4.69, 9.17) is 21.1 Å². The molecule has 0 saturated carbocycles. The normalized spacial score (nSPS) is 17.1. The number of likely N-dealkylation sites (N-methyl/N-ethyl adjacent to an activating group) is 1. The average Bonchev–Trinajstić information content (AvgIpc) is 2.74. The highest BCUT2D eigenvalue weighted by Gasteiger charge is 2.28. The number of amides is 1. The van der Waals surface area contributed by atoms with Crippen molar-refractivity contribution in [1.82, 2.24) is 9.88 Å². The zero-order valence-corrected chi connectivity index (χ0v) is 16.7. The van der Waals surface area contributed by atoms with Crippen molar-refractivity contribution in [2.75, 3.05) is 20.8 Å². The summed E-state index contributed by atoms with van der Waals surface area (Å²) in [5.74, 6) is -0.203. The molecule has 9 heteroatoms. The van der Waals surface area contributed by atoms with Gasteiger partial charge in [0.25, 0.3) is 5.91 Å². The predicted octanol–water partition coefficient (Wildman–Crippen LogP) is 2.57. The lowest BCUT2D eigenvalue weighted by molar-refractivity contribution is 0.0732. The minimum atomic E-state index is -3.77. The highest BCUT2D eigenvalue weighted by molar-refractivity contribution is 7.90. The number of hydrogen-bond acceptors (Lipinski definition) is 6. The molecule has 7 nitrogen and oxygen atoms in total. The summed E-state index contributed by atoms with van der Waals surface area (Å²) < 4.78 is 36.5. The number of hydrogen-bond donors (Lipinski definition) is 0. The van der Waals surface area contributed by atoms with Crippen LogP contribution in [0.25, 0.3) is 0 Å². The maximum atomic E-state index is 12.9. The van der Waals surface area contributed by atoms with Crippen molar-refractivity contribution in [2.45, 2.75) is 23.6 Å². The monoisotopic (exact) mass is 410 g/mol. The molecular weight excluding hydrogens is 392 g/mol. The fourth-order valence-electron chi connectivity index (χ4n) is 2.73. The first-order chi connectivity index (χ1) is 12.7. The summed E-state index contributed by atoms with van der Waals surface area (Å²) in [7, 11) is -0.711. The molecule has 1 aromatic heterocycles. The molecule has 0 radical (unpaired) electrons. The third kappa shape index (κ3) is 3.86. The smallest absolute Gasteiger partial charge is 0.259 e. The SMILES string of the molecule is COc1ccc(Cl)cc1S(=O)(=O)Cc1cnc2c(c1)C(=O)N(C)[C@H](C)CO2. The van der Waals surface area contributed by atoms with E-state index in [-0.39, 0.29) is 44.8 Å². The zero-order valence-electron chi connectivity index (χ0n) is 15.1. The van der Waals surface area contributed by atoms with Gasteiger partial charge in [0.15, 0.2) is 9.84 Å². The lowest BCUT2D eigenvalue weighted by Gasteiger charge is -2.20. The van der Waals surface area contributed by atoms with Crippen LogP contribution in [0.5, 0.6) is 11.6 Å². The van der Waals surface area contributed by atoms with Gasteiger partial charge in [-0.25, -0.2) is 13.4 Å². The van der Waals surface area contributed by atoms with Crippen LogP contribution in [0.3, 0.4) is 0 Å². The number of pyridine rings is 1. The molecule has 2 heterocycles. The molecule has 0 fully saturated rings.